The third-order valence-electron chi connectivity index (χ3n) is 5.42. The van der Waals surface area contributed by atoms with E-state index in [2.05, 4.69) is 32.4 Å². The van der Waals surface area contributed by atoms with Crippen molar-refractivity contribution in [3.63, 3.8) is 0 Å². The summed E-state index contributed by atoms with van der Waals surface area (Å²) >= 11 is 0. The quantitative estimate of drug-likeness (QED) is 0.495. The van der Waals surface area contributed by atoms with E-state index in [0.29, 0.717) is 18.6 Å². The van der Waals surface area contributed by atoms with Crippen molar-refractivity contribution < 1.29 is 19.4 Å². The van der Waals surface area contributed by atoms with Crippen molar-refractivity contribution in [2.75, 3.05) is 18.5 Å². The number of carboxylic acids is 1. The highest BCUT2D eigenvalue weighted by Crippen LogP contribution is 2.23. The van der Waals surface area contributed by atoms with Crippen molar-refractivity contribution in [1.82, 2.24) is 15.0 Å². The summed E-state index contributed by atoms with van der Waals surface area (Å²) in [4.78, 5) is 36.6. The third-order valence-corrected chi connectivity index (χ3v) is 5.42. The minimum atomic E-state index is -0.979. The van der Waals surface area contributed by atoms with Gasteiger partial charge in [0.1, 0.15) is 11.6 Å². The highest BCUT2D eigenvalue weighted by molar-refractivity contribution is 5.80. The van der Waals surface area contributed by atoms with E-state index in [1.807, 2.05) is 6.92 Å². The Morgan fingerprint density at radius 3 is 2.74 bits per heavy atom. The number of unbranched alkanes of at least 4 members (excludes halogenated alkanes) is 1. The SMILES string of the molecule is CCOc1ncc([C@@H](CCC(=O)CCCCc2ccc3c(n2)NCCC3)C(=O)O)cn1. The molecule has 2 N–H and O–H groups in total. The molecule has 0 saturated heterocycles. The molecule has 2 aromatic heterocycles. The van der Waals surface area contributed by atoms with Crippen LogP contribution in [0.25, 0.3) is 0 Å². The van der Waals surface area contributed by atoms with Crippen LogP contribution in [-0.4, -0.2) is 45.0 Å². The van der Waals surface area contributed by atoms with Crippen molar-refractivity contribution in [2.24, 2.45) is 0 Å². The second kappa shape index (κ2) is 11.4. The lowest BCUT2D eigenvalue weighted by molar-refractivity contribution is -0.139. The van der Waals surface area contributed by atoms with E-state index >= 15 is 0 Å². The number of Topliss-reactive ketones (excluding diaryl/α,β-unsaturated/α-hetero) is 1. The number of nitrogens with one attached hydrogen (secondary N) is 1. The summed E-state index contributed by atoms with van der Waals surface area (Å²) < 4.78 is 5.18. The number of aromatic nitrogens is 3. The van der Waals surface area contributed by atoms with E-state index in [-0.39, 0.29) is 24.6 Å². The first kappa shape index (κ1) is 22.7. The van der Waals surface area contributed by atoms with Crippen LogP contribution < -0.4 is 10.1 Å². The Hall–Kier alpha value is -3.03. The lowest BCUT2D eigenvalue weighted by Gasteiger charge is -2.17. The van der Waals surface area contributed by atoms with E-state index in [9.17, 15) is 14.7 Å². The zero-order chi connectivity index (χ0) is 22.1. The number of aryl methyl sites for hydroxylation is 2. The average Bonchev–Trinajstić information content (AvgIpc) is 2.78. The Morgan fingerprint density at radius 2 is 2.00 bits per heavy atom. The molecular weight excluding hydrogens is 396 g/mol. The highest BCUT2D eigenvalue weighted by Gasteiger charge is 2.22. The van der Waals surface area contributed by atoms with Gasteiger partial charge in [-0.15, -0.1) is 0 Å². The smallest absolute Gasteiger partial charge is 0.316 e. The van der Waals surface area contributed by atoms with Gasteiger partial charge in [-0.05, 0) is 57.1 Å². The fourth-order valence-electron chi connectivity index (χ4n) is 3.71. The standard InChI is InChI=1S/C23H30N4O4/c1-2-31-23-25-14-17(15-26-23)20(22(29)30)12-11-19(28)8-4-3-7-18-10-9-16-6-5-13-24-21(16)27-18/h9-10,14-15,20H,2-8,11-13H2,1H3,(H,24,27)(H,29,30)/t20-/m1/s1. The van der Waals surface area contributed by atoms with Gasteiger partial charge in [-0.1, -0.05) is 6.07 Å². The molecule has 0 unspecified atom stereocenters. The van der Waals surface area contributed by atoms with E-state index in [0.717, 1.165) is 50.2 Å². The molecular formula is C23H30N4O4. The van der Waals surface area contributed by atoms with Crippen LogP contribution in [0.3, 0.4) is 0 Å². The second-order valence-electron chi connectivity index (χ2n) is 7.75. The molecule has 31 heavy (non-hydrogen) atoms. The fraction of sp³-hybridized carbons (Fsp3) is 0.522. The van der Waals surface area contributed by atoms with E-state index in [1.165, 1.54) is 18.0 Å². The summed E-state index contributed by atoms with van der Waals surface area (Å²) in [6.45, 7) is 3.23. The molecule has 2 aromatic rings. The van der Waals surface area contributed by atoms with Crippen molar-refractivity contribution >= 4 is 17.6 Å². The number of hydrogen-bond acceptors (Lipinski definition) is 7. The predicted octanol–water partition coefficient (Wildman–Crippen LogP) is 3.56. The number of carboxylic acid groups (broad SMARTS) is 1. The number of fused-ring (bicyclic) bond motifs is 1. The maximum Gasteiger partial charge on any atom is 0.316 e. The third kappa shape index (κ3) is 6.73. The Kier molecular flexibility index (Phi) is 8.32. The van der Waals surface area contributed by atoms with Crippen LogP contribution in [0.1, 0.15) is 68.2 Å². The maximum atomic E-state index is 12.3. The van der Waals surface area contributed by atoms with Gasteiger partial charge in [0.2, 0.25) is 0 Å². The molecule has 3 rings (SSSR count). The van der Waals surface area contributed by atoms with Crippen LogP contribution in [0.5, 0.6) is 6.01 Å². The van der Waals surface area contributed by atoms with Crippen molar-refractivity contribution in [3.05, 3.63) is 41.3 Å². The first-order valence-corrected chi connectivity index (χ1v) is 11.0. The minimum absolute atomic E-state index is 0.0816. The molecule has 0 bridgehead atoms. The number of aliphatic carboxylic acids is 1. The molecule has 8 heteroatoms. The molecule has 1 aliphatic rings. The predicted molar refractivity (Wildman–Crippen MR) is 116 cm³/mol. The van der Waals surface area contributed by atoms with Crippen LogP contribution in [0.2, 0.25) is 0 Å². The van der Waals surface area contributed by atoms with Gasteiger partial charge < -0.3 is 15.2 Å². The number of ketones is 1. The average molecular weight is 427 g/mol. The van der Waals surface area contributed by atoms with Gasteiger partial charge in [-0.3, -0.25) is 9.59 Å². The monoisotopic (exact) mass is 426 g/mol. The Bertz CT molecular complexity index is 886. The molecule has 0 amide bonds. The second-order valence-corrected chi connectivity index (χ2v) is 7.75. The van der Waals surface area contributed by atoms with Gasteiger partial charge >= 0.3 is 12.0 Å². The molecule has 0 saturated carbocycles. The summed E-state index contributed by atoms with van der Waals surface area (Å²) in [7, 11) is 0. The van der Waals surface area contributed by atoms with Gasteiger partial charge in [0.25, 0.3) is 0 Å². The van der Waals surface area contributed by atoms with E-state index in [1.54, 1.807) is 0 Å². The minimum Gasteiger partial charge on any atom is -0.481 e. The number of nitrogens with zero attached hydrogens (tertiary/aromatic N) is 3. The highest BCUT2D eigenvalue weighted by atomic mass is 16.5. The van der Waals surface area contributed by atoms with Crippen LogP contribution in [0, 0.1) is 0 Å². The summed E-state index contributed by atoms with van der Waals surface area (Å²) in [5.74, 6) is -0.699. The molecule has 0 spiro atoms. The number of ether oxygens (including phenoxy) is 1. The molecule has 1 atom stereocenters. The first-order valence-electron chi connectivity index (χ1n) is 11.0. The summed E-state index contributed by atoms with van der Waals surface area (Å²) in [6.07, 6.45) is 8.55. The zero-order valence-electron chi connectivity index (χ0n) is 18.0. The van der Waals surface area contributed by atoms with Crippen LogP contribution in [0.15, 0.2) is 24.5 Å². The van der Waals surface area contributed by atoms with Crippen LogP contribution in [-0.2, 0) is 22.4 Å². The Balaban J connectivity index is 1.40. The number of hydrogen-bond donors (Lipinski definition) is 2. The molecule has 0 fully saturated rings. The molecule has 3 heterocycles. The maximum absolute atomic E-state index is 12.3. The number of carbonyl (C=O) groups is 2. The number of anilines is 1. The summed E-state index contributed by atoms with van der Waals surface area (Å²) in [5, 5.41) is 12.9. The molecule has 0 aliphatic carbocycles. The molecule has 0 aromatic carbocycles. The van der Waals surface area contributed by atoms with Crippen LogP contribution in [0.4, 0.5) is 5.82 Å². The number of rotatable bonds is 12. The molecule has 1 aliphatic heterocycles. The number of carbonyl (C=O) groups excluding carboxylic acids is 1. The van der Waals surface area contributed by atoms with Crippen LogP contribution >= 0.6 is 0 Å². The van der Waals surface area contributed by atoms with Gasteiger partial charge in [0.15, 0.2) is 0 Å². The van der Waals surface area contributed by atoms with Crippen molar-refractivity contribution in [3.8, 4) is 6.01 Å². The molecule has 166 valence electrons. The summed E-state index contributed by atoms with van der Waals surface area (Å²) in [6, 6.07) is 4.44. The first-order chi connectivity index (χ1) is 15.1. The van der Waals surface area contributed by atoms with Crippen molar-refractivity contribution in [2.45, 2.75) is 64.2 Å². The van der Waals surface area contributed by atoms with E-state index < -0.39 is 11.9 Å². The lowest BCUT2D eigenvalue weighted by atomic mass is 9.94. The van der Waals surface area contributed by atoms with Gasteiger partial charge in [0, 0.05) is 43.0 Å². The Morgan fingerprint density at radius 1 is 1.19 bits per heavy atom. The van der Waals surface area contributed by atoms with Crippen molar-refractivity contribution in [1.29, 1.82) is 0 Å². The lowest BCUT2D eigenvalue weighted by Crippen LogP contribution is -2.14. The van der Waals surface area contributed by atoms with E-state index in [4.69, 9.17) is 4.74 Å². The summed E-state index contributed by atoms with van der Waals surface area (Å²) in [5.41, 5.74) is 2.80. The number of pyridine rings is 1. The Labute approximate surface area is 182 Å². The largest absolute Gasteiger partial charge is 0.481 e. The van der Waals surface area contributed by atoms with Gasteiger partial charge in [-0.25, -0.2) is 15.0 Å². The van der Waals surface area contributed by atoms with Gasteiger partial charge in [-0.2, -0.15) is 0 Å². The topological polar surface area (TPSA) is 114 Å². The zero-order valence-corrected chi connectivity index (χ0v) is 18.0. The fourth-order valence-corrected chi connectivity index (χ4v) is 3.71. The normalized spacial score (nSPS) is 13.7. The van der Waals surface area contributed by atoms with Gasteiger partial charge in [0.05, 0.1) is 12.5 Å². The molecule has 0 radical (unpaired) electrons. The molecule has 8 nitrogen and oxygen atoms in total.